The number of carboxylic acids is 1. The Hall–Kier alpha value is -7.32. The number of aromatic nitrogens is 4. The molecule has 0 fully saturated rings. The van der Waals surface area contributed by atoms with Gasteiger partial charge in [0, 0.05) is 6.04 Å². The number of imidazole rings is 2. The molecule has 13 nitrogen and oxygen atoms in total. The highest BCUT2D eigenvalue weighted by Gasteiger charge is 2.21. The summed E-state index contributed by atoms with van der Waals surface area (Å²) < 4.78 is 3.14. The molecule has 0 aliphatic rings. The zero-order valence-corrected chi connectivity index (χ0v) is 32.7. The van der Waals surface area contributed by atoms with E-state index in [-0.39, 0.29) is 31.1 Å². The summed E-state index contributed by atoms with van der Waals surface area (Å²) in [7, 11) is 0. The van der Waals surface area contributed by atoms with E-state index in [2.05, 4.69) is 33.5 Å². The fourth-order valence-electron chi connectivity index (χ4n) is 5.87. The number of aliphatic carboxylic acids is 1. The van der Waals surface area contributed by atoms with Crippen LogP contribution in [0.25, 0.3) is 22.1 Å². The third kappa shape index (κ3) is 10.5. The van der Waals surface area contributed by atoms with Gasteiger partial charge in [0.05, 0.1) is 74.9 Å². The predicted octanol–water partition coefficient (Wildman–Crippen LogP) is 7.09. The Morgan fingerprint density at radius 2 is 1.12 bits per heavy atom. The fourth-order valence-corrected chi connectivity index (χ4v) is 5.87. The second-order valence-electron chi connectivity index (χ2n) is 14.5. The molecule has 6 rings (SSSR count). The van der Waals surface area contributed by atoms with Gasteiger partial charge in [-0.1, -0.05) is 60.7 Å². The molecule has 0 aliphatic carbocycles. The van der Waals surface area contributed by atoms with Crippen LogP contribution in [-0.2, 0) is 33.5 Å². The maximum atomic E-state index is 12.5. The monoisotopic (exact) mass is 760 g/mol. The second-order valence-corrected chi connectivity index (χ2v) is 14.5. The Balaban J connectivity index is 0.000000209. The Morgan fingerprint density at radius 1 is 0.702 bits per heavy atom. The first kappa shape index (κ1) is 42.4. The molecule has 2 atom stereocenters. The smallest absolute Gasteiger partial charge is 0.323 e. The van der Waals surface area contributed by atoms with Gasteiger partial charge in [0.2, 0.25) is 5.91 Å². The van der Waals surface area contributed by atoms with Gasteiger partial charge in [-0.2, -0.15) is 21.0 Å². The van der Waals surface area contributed by atoms with Crippen LogP contribution >= 0.6 is 0 Å². The molecule has 0 radical (unpaired) electrons. The van der Waals surface area contributed by atoms with Crippen LogP contribution in [0.4, 0.5) is 0 Å². The number of amides is 1. The van der Waals surface area contributed by atoms with Crippen molar-refractivity contribution in [2.45, 2.75) is 77.5 Å². The number of nitrogens with one attached hydrogen (secondary N) is 1. The van der Waals surface area contributed by atoms with E-state index in [1.165, 1.54) is 10.9 Å². The highest BCUT2D eigenvalue weighted by Crippen LogP contribution is 2.25. The second kappa shape index (κ2) is 18.3. The summed E-state index contributed by atoms with van der Waals surface area (Å²) in [5.74, 6) is -1.12. The van der Waals surface area contributed by atoms with Crippen molar-refractivity contribution >= 4 is 33.9 Å². The van der Waals surface area contributed by atoms with Crippen molar-refractivity contribution in [2.24, 2.45) is 5.73 Å². The van der Waals surface area contributed by atoms with E-state index in [0.29, 0.717) is 33.2 Å². The molecule has 2 heterocycles. The molecule has 0 bridgehead atoms. The molecule has 2 aromatic heterocycles. The zero-order valence-electron chi connectivity index (χ0n) is 32.7. The highest BCUT2D eigenvalue weighted by atomic mass is 16.4. The summed E-state index contributed by atoms with van der Waals surface area (Å²) in [5, 5.41) is 48.0. The first-order chi connectivity index (χ1) is 27.0. The minimum Gasteiger partial charge on any atom is -0.480 e. The lowest BCUT2D eigenvalue weighted by molar-refractivity contribution is -0.137. The van der Waals surface area contributed by atoms with Crippen LogP contribution in [0.2, 0.25) is 0 Å². The minimum atomic E-state index is -0.956. The Morgan fingerprint density at radius 3 is 1.51 bits per heavy atom. The van der Waals surface area contributed by atoms with Gasteiger partial charge in [-0.3, -0.25) is 9.59 Å². The van der Waals surface area contributed by atoms with Gasteiger partial charge >= 0.3 is 5.97 Å². The molecule has 4 aromatic carbocycles. The van der Waals surface area contributed by atoms with Gasteiger partial charge < -0.3 is 25.3 Å². The standard InChI is InChI=1S/C22H21N5O.C12H16N2.C10H7N3O2/c1-15(16-7-9-18(10-8-16)22(2,3)13-24)26-20(28)12-27-14-25-19-6-4-5-17(11-23)21(19)27;1-9(14)10-4-6-11(7-5-10)12(2,3)8-13;11-4-7-2-1-3-8-10(7)13(6-12-8)5-9(14)15/h4-10,14-15H,12H2,1-3H3,(H,26,28);4-7,9H,14H2,1-3H3;1-3,6H,5H2,(H,14,15). The molecule has 13 heteroatoms. The number of nitrogens with zero attached hydrogens (tertiary/aromatic N) is 8. The summed E-state index contributed by atoms with van der Waals surface area (Å²) in [6.07, 6.45) is 3.01. The van der Waals surface area contributed by atoms with Gasteiger partial charge in [-0.25, -0.2) is 9.97 Å². The number of carboxylic acid groups (broad SMARTS) is 1. The molecule has 6 aromatic rings. The number of fused-ring (bicyclic) bond motifs is 2. The maximum Gasteiger partial charge on any atom is 0.323 e. The molecule has 288 valence electrons. The van der Waals surface area contributed by atoms with Gasteiger partial charge in [0.1, 0.15) is 25.2 Å². The highest BCUT2D eigenvalue weighted by molar-refractivity contribution is 5.85. The molecular formula is C44H44N10O3. The van der Waals surface area contributed by atoms with Gasteiger partial charge in [0.15, 0.2) is 0 Å². The number of hydrogen-bond acceptors (Lipinski definition) is 9. The number of carbonyl (C=O) groups excluding carboxylic acids is 1. The quantitative estimate of drug-likeness (QED) is 0.136. The molecule has 1 amide bonds. The number of benzene rings is 4. The summed E-state index contributed by atoms with van der Waals surface area (Å²) in [6, 6.07) is 34.6. The molecule has 4 N–H and O–H groups in total. The van der Waals surface area contributed by atoms with Crippen molar-refractivity contribution < 1.29 is 14.7 Å². The molecule has 0 saturated carbocycles. The van der Waals surface area contributed by atoms with Crippen molar-refractivity contribution in [1.29, 1.82) is 21.0 Å². The summed E-state index contributed by atoms with van der Waals surface area (Å²) in [4.78, 5) is 31.4. The van der Waals surface area contributed by atoms with Crippen LogP contribution in [0.15, 0.2) is 97.6 Å². The number of rotatable bonds is 9. The topological polar surface area (TPSA) is 223 Å². The maximum absolute atomic E-state index is 12.5. The van der Waals surface area contributed by atoms with E-state index in [1.807, 2.05) is 102 Å². The van der Waals surface area contributed by atoms with E-state index in [1.54, 1.807) is 41.2 Å². The number of nitrogens with two attached hydrogens (primary N) is 1. The number of para-hydroxylation sites is 2. The van der Waals surface area contributed by atoms with Gasteiger partial charge in [-0.15, -0.1) is 0 Å². The summed E-state index contributed by atoms with van der Waals surface area (Å²) in [6.45, 7) is 11.3. The summed E-state index contributed by atoms with van der Waals surface area (Å²) >= 11 is 0. The Labute approximate surface area is 331 Å². The lowest BCUT2D eigenvalue weighted by Gasteiger charge is -2.19. The average Bonchev–Trinajstić information content (AvgIpc) is 3.81. The lowest BCUT2D eigenvalue weighted by Crippen LogP contribution is -2.30. The number of nitriles is 4. The van der Waals surface area contributed by atoms with Crippen LogP contribution in [0.1, 0.15) is 87.0 Å². The normalized spacial score (nSPS) is 11.9. The minimum absolute atomic E-state index is 0.0502. The van der Waals surface area contributed by atoms with E-state index in [0.717, 1.165) is 22.3 Å². The number of hydrogen-bond donors (Lipinski definition) is 3. The van der Waals surface area contributed by atoms with E-state index in [4.69, 9.17) is 21.4 Å². The van der Waals surface area contributed by atoms with E-state index in [9.17, 15) is 20.1 Å². The first-order valence-corrected chi connectivity index (χ1v) is 18.0. The van der Waals surface area contributed by atoms with Crippen LogP contribution in [-0.4, -0.2) is 36.1 Å². The summed E-state index contributed by atoms with van der Waals surface area (Å²) in [5.41, 5.74) is 12.3. The van der Waals surface area contributed by atoms with Crippen molar-refractivity contribution in [1.82, 2.24) is 24.4 Å². The number of carbonyl (C=O) groups is 2. The molecule has 0 spiro atoms. The lowest BCUT2D eigenvalue weighted by atomic mass is 9.85. The zero-order chi connectivity index (χ0) is 41.9. The largest absolute Gasteiger partial charge is 0.480 e. The van der Waals surface area contributed by atoms with E-state index < -0.39 is 16.8 Å². The molecule has 0 aliphatic heterocycles. The van der Waals surface area contributed by atoms with Crippen LogP contribution in [0, 0.1) is 45.3 Å². The third-order valence-corrected chi connectivity index (χ3v) is 9.36. The Kier molecular flexibility index (Phi) is 13.6. The molecular weight excluding hydrogens is 717 g/mol. The van der Waals surface area contributed by atoms with Gasteiger partial charge in [-0.05, 0) is 88.1 Å². The van der Waals surface area contributed by atoms with Crippen molar-refractivity contribution in [2.75, 3.05) is 0 Å². The van der Waals surface area contributed by atoms with Crippen molar-refractivity contribution in [3.63, 3.8) is 0 Å². The van der Waals surface area contributed by atoms with Crippen LogP contribution in [0.5, 0.6) is 0 Å². The van der Waals surface area contributed by atoms with Crippen molar-refractivity contribution in [3.05, 3.63) is 131 Å². The Bertz CT molecular complexity index is 2540. The predicted molar refractivity (Wildman–Crippen MR) is 216 cm³/mol. The van der Waals surface area contributed by atoms with Crippen molar-refractivity contribution in [3.8, 4) is 24.3 Å². The molecule has 0 saturated heterocycles. The average molecular weight is 761 g/mol. The molecule has 2 unspecified atom stereocenters. The van der Waals surface area contributed by atoms with E-state index >= 15 is 0 Å². The van der Waals surface area contributed by atoms with Gasteiger partial charge in [0.25, 0.3) is 0 Å². The van der Waals surface area contributed by atoms with Crippen LogP contribution < -0.4 is 11.1 Å². The van der Waals surface area contributed by atoms with Crippen LogP contribution in [0.3, 0.4) is 0 Å². The molecule has 57 heavy (non-hydrogen) atoms. The third-order valence-electron chi connectivity index (χ3n) is 9.36. The first-order valence-electron chi connectivity index (χ1n) is 18.0. The SMILES string of the molecule is CC(N)c1ccc(C(C)(C)C#N)cc1.CC(NC(=O)Cn1cnc2cccc(C#N)c21)c1ccc(C(C)(C)C#N)cc1.N#Cc1cccc2ncn(CC(=O)O)c12. The fraction of sp³-hybridized carbons (Fsp3) is 0.273.